The number of hydrogen-bond donors (Lipinski definition) is 9. The highest BCUT2D eigenvalue weighted by molar-refractivity contribution is 5.76. The summed E-state index contributed by atoms with van der Waals surface area (Å²) < 4.78 is 22.8. The number of unbranched alkanes of at least 4 members (excludes halogenated alkanes) is 40. The van der Waals surface area contributed by atoms with Crippen molar-refractivity contribution in [2.75, 3.05) is 19.8 Å². The zero-order valence-corrected chi connectivity index (χ0v) is 53.0. The van der Waals surface area contributed by atoms with Gasteiger partial charge >= 0.3 is 0 Å². The van der Waals surface area contributed by atoms with Crippen LogP contribution in [0.25, 0.3) is 0 Å². The summed E-state index contributed by atoms with van der Waals surface area (Å²) in [7, 11) is 0. The molecule has 488 valence electrons. The van der Waals surface area contributed by atoms with E-state index in [2.05, 4.69) is 43.5 Å². The Morgan fingerprint density at radius 2 is 0.795 bits per heavy atom. The molecule has 0 saturated carbocycles. The molecule has 12 unspecified atom stereocenters. The van der Waals surface area contributed by atoms with Crippen LogP contribution in [-0.4, -0.2) is 140 Å². The summed E-state index contributed by atoms with van der Waals surface area (Å²) in [6, 6.07) is -0.913. The number of allylic oxidation sites excluding steroid dienone is 5. The third-order valence-electron chi connectivity index (χ3n) is 17.1. The average Bonchev–Trinajstić information content (AvgIpc) is 3.64. The summed E-state index contributed by atoms with van der Waals surface area (Å²) in [5, 5.41) is 87.4. The predicted octanol–water partition coefficient (Wildman–Crippen LogP) is 13.7. The van der Waals surface area contributed by atoms with Gasteiger partial charge in [-0.15, -0.1) is 0 Å². The van der Waals surface area contributed by atoms with Crippen molar-refractivity contribution in [3.8, 4) is 0 Å². The number of aliphatic hydroxyl groups is 8. The lowest BCUT2D eigenvalue weighted by Gasteiger charge is -2.46. The highest BCUT2D eigenvalue weighted by Crippen LogP contribution is 2.30. The van der Waals surface area contributed by atoms with Crippen LogP contribution in [0.15, 0.2) is 36.5 Å². The number of rotatable bonds is 57. The second kappa shape index (κ2) is 54.4. The molecule has 0 bridgehead atoms. The van der Waals surface area contributed by atoms with E-state index in [9.17, 15) is 45.6 Å². The maximum Gasteiger partial charge on any atom is 0.220 e. The smallest absolute Gasteiger partial charge is 0.220 e. The molecule has 12 atom stereocenters. The summed E-state index contributed by atoms with van der Waals surface area (Å²) in [5.41, 5.74) is 0. The first-order valence-corrected chi connectivity index (χ1v) is 34.7. The SMILES string of the molecule is CCCCCCC/C=C\C/C=C\CCCCCCCCCCCCCCCCCCCCCC(=O)NC(COC1OC(CO)C(OC2OC(CO)C(O)C(O)C2O)C(O)C1O)C(O)/C=C/CCCCCCCCCCCCCCCCCC. The van der Waals surface area contributed by atoms with Crippen molar-refractivity contribution in [3.05, 3.63) is 36.5 Å². The van der Waals surface area contributed by atoms with Gasteiger partial charge < -0.3 is 65.1 Å². The molecule has 2 aliphatic rings. The Labute approximate surface area is 506 Å². The molecule has 14 nitrogen and oxygen atoms in total. The lowest BCUT2D eigenvalue weighted by atomic mass is 9.97. The summed E-state index contributed by atoms with van der Waals surface area (Å²) in [4.78, 5) is 13.3. The predicted molar refractivity (Wildman–Crippen MR) is 337 cm³/mol. The van der Waals surface area contributed by atoms with Gasteiger partial charge in [0.15, 0.2) is 12.6 Å². The molecule has 9 N–H and O–H groups in total. The first kappa shape index (κ1) is 77.3. The van der Waals surface area contributed by atoms with Gasteiger partial charge in [-0.05, 0) is 51.4 Å². The summed E-state index contributed by atoms with van der Waals surface area (Å²) in [6.45, 7) is 2.83. The van der Waals surface area contributed by atoms with E-state index in [0.717, 1.165) is 44.9 Å². The summed E-state index contributed by atoms with van der Waals surface area (Å²) in [6.07, 6.45) is 52.0. The van der Waals surface area contributed by atoms with Crippen molar-refractivity contribution < 1.29 is 64.6 Å². The Hall–Kier alpha value is -1.79. The molecule has 2 rings (SSSR count). The van der Waals surface area contributed by atoms with E-state index in [1.165, 1.54) is 231 Å². The van der Waals surface area contributed by atoms with Crippen LogP contribution < -0.4 is 5.32 Å². The molecule has 83 heavy (non-hydrogen) atoms. The van der Waals surface area contributed by atoms with Gasteiger partial charge in [-0.2, -0.15) is 0 Å². The molecule has 2 saturated heterocycles. The molecule has 0 aliphatic carbocycles. The van der Waals surface area contributed by atoms with Gasteiger partial charge in [0, 0.05) is 6.42 Å². The van der Waals surface area contributed by atoms with Gasteiger partial charge in [0.2, 0.25) is 5.91 Å². The molecule has 2 fully saturated rings. The third kappa shape index (κ3) is 39.0. The van der Waals surface area contributed by atoms with Crippen molar-refractivity contribution in [2.45, 2.75) is 376 Å². The van der Waals surface area contributed by atoms with Crippen LogP contribution in [0.5, 0.6) is 0 Å². The lowest BCUT2D eigenvalue weighted by Crippen LogP contribution is -2.65. The Morgan fingerprint density at radius 1 is 0.434 bits per heavy atom. The molecule has 1 amide bonds. The molecule has 2 aliphatic heterocycles. The number of carbonyl (C=O) groups excluding carboxylic acids is 1. The zero-order chi connectivity index (χ0) is 60.2. The molecule has 0 aromatic heterocycles. The fourth-order valence-corrected chi connectivity index (χ4v) is 11.5. The monoisotopic (exact) mass is 1180 g/mol. The van der Waals surface area contributed by atoms with Crippen LogP contribution in [0, 0.1) is 0 Å². The van der Waals surface area contributed by atoms with Crippen molar-refractivity contribution in [3.63, 3.8) is 0 Å². The highest BCUT2D eigenvalue weighted by atomic mass is 16.7. The van der Waals surface area contributed by atoms with Crippen LogP contribution in [-0.2, 0) is 23.7 Å². The zero-order valence-electron chi connectivity index (χ0n) is 53.0. The largest absolute Gasteiger partial charge is 0.394 e. The van der Waals surface area contributed by atoms with E-state index < -0.39 is 86.8 Å². The van der Waals surface area contributed by atoms with Gasteiger partial charge in [0.05, 0.1) is 32.0 Å². The van der Waals surface area contributed by atoms with Crippen LogP contribution >= 0.6 is 0 Å². The minimum Gasteiger partial charge on any atom is -0.394 e. The Balaban J connectivity index is 1.65. The van der Waals surface area contributed by atoms with Crippen LogP contribution in [0.3, 0.4) is 0 Å². The van der Waals surface area contributed by atoms with Crippen molar-refractivity contribution in [2.24, 2.45) is 0 Å². The maximum absolute atomic E-state index is 13.3. The topological polar surface area (TPSA) is 228 Å². The third-order valence-corrected chi connectivity index (χ3v) is 17.1. The van der Waals surface area contributed by atoms with Crippen molar-refractivity contribution in [1.29, 1.82) is 0 Å². The molecule has 0 spiro atoms. The molecule has 0 radical (unpaired) electrons. The van der Waals surface area contributed by atoms with Crippen molar-refractivity contribution >= 4 is 5.91 Å². The second-order valence-electron chi connectivity index (χ2n) is 24.7. The highest BCUT2D eigenvalue weighted by Gasteiger charge is 2.51. The maximum atomic E-state index is 13.3. The Bertz CT molecular complexity index is 1530. The standard InChI is InChI=1S/C69H129NO13/c1-3-5-7-9-11-13-15-17-19-21-23-24-25-26-27-28-29-30-31-32-33-34-35-37-39-41-43-45-47-49-51-53-61(74)70-57(58(73)52-50-48-46-44-42-40-38-36-22-20-18-16-14-12-10-8-6-4-2)56-80-68-66(79)64(77)67(60(55-72)82-68)83-69-65(78)63(76)62(75)59(54-71)81-69/h15,17,21,23,50,52,57-60,62-69,71-73,75-79H,3-14,16,18-20,22,24-49,51,53-56H2,1-2H3,(H,70,74)/b17-15-,23-21-,52-50+. The minimum absolute atomic E-state index is 0.234. The van der Waals surface area contributed by atoms with E-state index in [0.29, 0.717) is 6.42 Å². The van der Waals surface area contributed by atoms with Crippen LogP contribution in [0.4, 0.5) is 0 Å². The van der Waals surface area contributed by atoms with Gasteiger partial charge in [0.1, 0.15) is 48.8 Å². The van der Waals surface area contributed by atoms with Gasteiger partial charge in [-0.1, -0.05) is 281 Å². The number of nitrogens with one attached hydrogen (secondary N) is 1. The number of amides is 1. The summed E-state index contributed by atoms with van der Waals surface area (Å²) in [5.74, 6) is -0.234. The number of ether oxygens (including phenoxy) is 4. The van der Waals surface area contributed by atoms with Crippen LogP contribution in [0.2, 0.25) is 0 Å². The average molecular weight is 1180 g/mol. The van der Waals surface area contributed by atoms with Gasteiger partial charge in [-0.3, -0.25) is 4.79 Å². The van der Waals surface area contributed by atoms with Gasteiger partial charge in [0.25, 0.3) is 0 Å². The lowest BCUT2D eigenvalue weighted by molar-refractivity contribution is -0.359. The molecule has 2 heterocycles. The molecule has 0 aromatic rings. The summed E-state index contributed by atoms with van der Waals surface area (Å²) >= 11 is 0. The van der Waals surface area contributed by atoms with Crippen LogP contribution in [0.1, 0.15) is 303 Å². The van der Waals surface area contributed by atoms with E-state index in [1.54, 1.807) is 6.08 Å². The Morgan fingerprint density at radius 3 is 1.20 bits per heavy atom. The van der Waals surface area contributed by atoms with E-state index in [1.807, 2.05) is 6.08 Å². The Kier molecular flexibility index (Phi) is 50.6. The first-order valence-electron chi connectivity index (χ1n) is 34.7. The van der Waals surface area contributed by atoms with E-state index in [-0.39, 0.29) is 18.9 Å². The molecule has 14 heteroatoms. The normalized spacial score (nSPS) is 24.0. The number of hydrogen-bond acceptors (Lipinski definition) is 13. The van der Waals surface area contributed by atoms with Crippen molar-refractivity contribution in [1.82, 2.24) is 5.32 Å². The van der Waals surface area contributed by atoms with E-state index >= 15 is 0 Å². The van der Waals surface area contributed by atoms with E-state index in [4.69, 9.17) is 18.9 Å². The first-order chi connectivity index (χ1) is 40.6. The fraction of sp³-hybridized carbons (Fsp3) is 0.899. The number of aliphatic hydroxyl groups excluding tert-OH is 8. The molecular weight excluding hydrogens is 1050 g/mol. The molecular formula is C69H129NO13. The second-order valence-corrected chi connectivity index (χ2v) is 24.7. The fourth-order valence-electron chi connectivity index (χ4n) is 11.5. The number of carbonyl (C=O) groups is 1. The molecule has 0 aromatic carbocycles. The minimum atomic E-state index is -1.79. The van der Waals surface area contributed by atoms with Gasteiger partial charge in [-0.25, -0.2) is 0 Å². The quantitative estimate of drug-likeness (QED) is 0.0204.